The minimum absolute atomic E-state index is 0.0584. The fourth-order valence-electron chi connectivity index (χ4n) is 3.67. The van der Waals surface area contributed by atoms with Crippen molar-refractivity contribution in [3.63, 3.8) is 0 Å². The number of ketones is 1. The van der Waals surface area contributed by atoms with E-state index in [0.29, 0.717) is 23.6 Å². The fraction of sp³-hybridized carbons (Fsp3) is 0.217. The van der Waals surface area contributed by atoms with E-state index >= 15 is 0 Å². The Morgan fingerprint density at radius 2 is 1.88 bits per heavy atom. The van der Waals surface area contributed by atoms with Gasteiger partial charge < -0.3 is 24.5 Å². The van der Waals surface area contributed by atoms with Crippen LogP contribution >= 0.6 is 0 Å². The molecule has 0 atom stereocenters. The van der Waals surface area contributed by atoms with Crippen LogP contribution in [0.5, 0.6) is 11.5 Å². The number of fused-ring (bicyclic) bond motifs is 1. The van der Waals surface area contributed by atoms with Gasteiger partial charge in [-0.2, -0.15) is 0 Å². The van der Waals surface area contributed by atoms with E-state index in [1.807, 2.05) is 36.6 Å². The van der Waals surface area contributed by atoms with Gasteiger partial charge in [0, 0.05) is 29.6 Å². The molecule has 10 heteroatoms. The van der Waals surface area contributed by atoms with Gasteiger partial charge in [-0.05, 0) is 49.7 Å². The van der Waals surface area contributed by atoms with Gasteiger partial charge in [-0.25, -0.2) is 4.79 Å². The summed E-state index contributed by atoms with van der Waals surface area (Å²) >= 11 is 0. The molecular formula is C23H21N3O7. The fourth-order valence-corrected chi connectivity index (χ4v) is 3.67. The first-order chi connectivity index (χ1) is 15.7. The van der Waals surface area contributed by atoms with Crippen molar-refractivity contribution in [2.75, 3.05) is 19.1 Å². The number of nitrogen functional groups attached to an aromatic ring is 1. The van der Waals surface area contributed by atoms with Gasteiger partial charge >= 0.3 is 5.97 Å². The van der Waals surface area contributed by atoms with E-state index < -0.39 is 23.2 Å². The zero-order valence-electron chi connectivity index (χ0n) is 18.0. The van der Waals surface area contributed by atoms with Crippen LogP contribution in [0.1, 0.15) is 37.7 Å². The Hall–Kier alpha value is -4.34. The first kappa shape index (κ1) is 21.9. The van der Waals surface area contributed by atoms with Crippen LogP contribution in [0, 0.1) is 24.0 Å². The van der Waals surface area contributed by atoms with Crippen LogP contribution in [-0.4, -0.2) is 34.6 Å². The molecule has 0 fully saturated rings. The van der Waals surface area contributed by atoms with Crippen LogP contribution in [0.25, 0.3) is 0 Å². The number of aromatic nitrogens is 1. The minimum atomic E-state index is -0.847. The average Bonchev–Trinajstić information content (AvgIpc) is 3.36. The number of anilines is 1. The average molecular weight is 451 g/mol. The molecule has 0 aliphatic carbocycles. The second-order valence-electron chi connectivity index (χ2n) is 7.59. The highest BCUT2D eigenvalue weighted by Gasteiger charge is 2.21. The lowest BCUT2D eigenvalue weighted by Crippen LogP contribution is -2.15. The summed E-state index contributed by atoms with van der Waals surface area (Å²) in [5.41, 5.74) is 8.03. The number of nitro groups is 1. The molecule has 10 nitrogen and oxygen atoms in total. The van der Waals surface area contributed by atoms with Crippen molar-refractivity contribution in [1.29, 1.82) is 0 Å². The van der Waals surface area contributed by atoms with Gasteiger partial charge in [0.05, 0.1) is 10.5 Å². The lowest BCUT2D eigenvalue weighted by molar-refractivity contribution is -0.383. The van der Waals surface area contributed by atoms with Crippen molar-refractivity contribution in [3.05, 3.63) is 80.7 Å². The Kier molecular flexibility index (Phi) is 5.74. The number of Topliss-reactive ketones (excluding diaryl/α,β-unsaturated/α-hetero) is 1. The number of ether oxygens (including phenoxy) is 3. The van der Waals surface area contributed by atoms with Crippen molar-refractivity contribution < 1.29 is 28.7 Å². The van der Waals surface area contributed by atoms with Crippen molar-refractivity contribution in [2.45, 2.75) is 20.4 Å². The van der Waals surface area contributed by atoms with Gasteiger partial charge in [0.25, 0.3) is 5.69 Å². The van der Waals surface area contributed by atoms with Crippen molar-refractivity contribution >= 4 is 23.1 Å². The lowest BCUT2D eigenvalue weighted by atomic mass is 10.1. The molecule has 3 aromatic rings. The molecule has 0 radical (unpaired) electrons. The molecule has 0 unspecified atom stereocenters. The summed E-state index contributed by atoms with van der Waals surface area (Å²) < 4.78 is 17.8. The molecule has 0 saturated carbocycles. The second-order valence-corrected chi connectivity index (χ2v) is 7.59. The lowest BCUT2D eigenvalue weighted by Gasteiger charge is -2.11. The smallest absolute Gasteiger partial charge is 0.338 e. The molecule has 1 aliphatic heterocycles. The third kappa shape index (κ3) is 4.36. The first-order valence-electron chi connectivity index (χ1n) is 10.0. The molecule has 0 saturated heterocycles. The maximum atomic E-state index is 12.7. The van der Waals surface area contributed by atoms with E-state index in [1.54, 1.807) is 6.07 Å². The van der Waals surface area contributed by atoms with Crippen molar-refractivity contribution in [3.8, 4) is 11.5 Å². The number of carbonyl (C=O) groups excluding carboxylic acids is 2. The molecule has 0 amide bonds. The minimum Gasteiger partial charge on any atom is -0.454 e. The highest BCUT2D eigenvalue weighted by molar-refractivity contribution is 6.00. The van der Waals surface area contributed by atoms with Crippen molar-refractivity contribution in [1.82, 2.24) is 4.57 Å². The predicted octanol–water partition coefficient (Wildman–Crippen LogP) is 3.41. The standard InChI is InChI=1S/C23H21N3O7/c1-13-7-17(14(2)25(13)10-15-3-6-21-22(8-15)33-12-32-21)20(27)11-31-23(28)16-4-5-18(24)19(9-16)26(29)30/h3-9H,10-12,24H2,1-2H3. The number of nitrogens with zero attached hydrogens (tertiary/aromatic N) is 2. The third-order valence-electron chi connectivity index (χ3n) is 5.45. The van der Waals surface area contributed by atoms with Gasteiger partial charge in [0.1, 0.15) is 5.69 Å². The molecule has 4 rings (SSSR count). The van der Waals surface area contributed by atoms with E-state index in [2.05, 4.69) is 0 Å². The number of hydrogen-bond acceptors (Lipinski definition) is 8. The topological polar surface area (TPSA) is 136 Å². The van der Waals surface area contributed by atoms with Crippen LogP contribution in [0.4, 0.5) is 11.4 Å². The third-order valence-corrected chi connectivity index (χ3v) is 5.45. The van der Waals surface area contributed by atoms with E-state index in [0.717, 1.165) is 23.0 Å². The molecule has 2 heterocycles. The summed E-state index contributed by atoms with van der Waals surface area (Å²) in [5, 5.41) is 11.0. The van der Waals surface area contributed by atoms with E-state index in [-0.39, 0.29) is 23.8 Å². The SMILES string of the molecule is Cc1cc(C(=O)COC(=O)c2ccc(N)c([N+](=O)[O-])c2)c(C)n1Cc1ccc2c(c1)OCO2. The van der Waals surface area contributed by atoms with E-state index in [1.165, 1.54) is 12.1 Å². The predicted molar refractivity (Wildman–Crippen MR) is 118 cm³/mol. The highest BCUT2D eigenvalue weighted by atomic mass is 16.7. The number of carbonyl (C=O) groups is 2. The molecule has 170 valence electrons. The number of rotatable bonds is 7. The highest BCUT2D eigenvalue weighted by Crippen LogP contribution is 2.33. The van der Waals surface area contributed by atoms with Gasteiger partial charge in [-0.15, -0.1) is 0 Å². The van der Waals surface area contributed by atoms with Gasteiger partial charge in [0.2, 0.25) is 12.6 Å². The Balaban J connectivity index is 1.45. The van der Waals surface area contributed by atoms with Crippen LogP contribution in [-0.2, 0) is 11.3 Å². The molecular weight excluding hydrogens is 430 g/mol. The quantitative estimate of drug-likeness (QED) is 0.190. The molecule has 2 aromatic carbocycles. The maximum absolute atomic E-state index is 12.7. The summed E-state index contributed by atoms with van der Waals surface area (Å²) in [7, 11) is 0. The number of aryl methyl sites for hydroxylation is 1. The summed E-state index contributed by atoms with van der Waals surface area (Å²) in [6, 6.07) is 11.0. The Bertz CT molecular complexity index is 1280. The van der Waals surface area contributed by atoms with Gasteiger partial charge in [-0.1, -0.05) is 6.07 Å². The van der Waals surface area contributed by atoms with E-state index in [9.17, 15) is 19.7 Å². The normalized spacial score (nSPS) is 11.9. The zero-order chi connectivity index (χ0) is 23.7. The number of benzene rings is 2. The second kappa shape index (κ2) is 8.65. The molecule has 1 aliphatic rings. The Labute approximate surface area is 188 Å². The summed E-state index contributed by atoms with van der Waals surface area (Å²) in [6.45, 7) is 3.93. The molecule has 0 spiro atoms. The Morgan fingerprint density at radius 1 is 1.12 bits per heavy atom. The largest absolute Gasteiger partial charge is 0.454 e. The van der Waals surface area contributed by atoms with Crippen LogP contribution in [0.3, 0.4) is 0 Å². The molecule has 33 heavy (non-hydrogen) atoms. The maximum Gasteiger partial charge on any atom is 0.338 e. The summed E-state index contributed by atoms with van der Waals surface area (Å²) in [6.07, 6.45) is 0. The number of nitro benzene ring substituents is 1. The zero-order valence-corrected chi connectivity index (χ0v) is 18.0. The Morgan fingerprint density at radius 3 is 2.64 bits per heavy atom. The summed E-state index contributed by atoms with van der Waals surface area (Å²) in [5.74, 6) is 0.156. The van der Waals surface area contributed by atoms with Crippen LogP contribution < -0.4 is 15.2 Å². The van der Waals surface area contributed by atoms with Crippen molar-refractivity contribution in [2.24, 2.45) is 0 Å². The molecule has 1 aromatic heterocycles. The number of esters is 1. The van der Waals surface area contributed by atoms with Crippen LogP contribution in [0.15, 0.2) is 42.5 Å². The first-order valence-corrected chi connectivity index (χ1v) is 10.0. The molecule has 2 N–H and O–H groups in total. The van der Waals surface area contributed by atoms with Gasteiger partial charge in [0.15, 0.2) is 18.1 Å². The van der Waals surface area contributed by atoms with E-state index in [4.69, 9.17) is 19.9 Å². The monoisotopic (exact) mass is 451 g/mol. The number of hydrogen-bond donors (Lipinski definition) is 1. The summed E-state index contributed by atoms with van der Waals surface area (Å²) in [4.78, 5) is 35.4. The molecule has 0 bridgehead atoms. The van der Waals surface area contributed by atoms with Crippen LogP contribution in [0.2, 0.25) is 0 Å². The van der Waals surface area contributed by atoms with Gasteiger partial charge in [-0.3, -0.25) is 14.9 Å². The number of nitrogens with two attached hydrogens (primary N) is 1.